The lowest BCUT2D eigenvalue weighted by molar-refractivity contribution is -0.109. The molecule has 0 radical (unpaired) electrons. The number of aliphatic hydroxyl groups excluding tert-OH is 1. The van der Waals surface area contributed by atoms with Crippen molar-refractivity contribution in [2.45, 2.75) is 45.6 Å². The molecule has 0 amide bonds. The van der Waals surface area contributed by atoms with Gasteiger partial charge in [-0.3, -0.25) is 9.78 Å². The normalized spacial score (nSPS) is 16.0. The highest BCUT2D eigenvalue weighted by atomic mass is 16.7. The molecule has 0 saturated carbocycles. The number of benzene rings is 1. The number of aliphatic hydroxyl groups is 1. The Morgan fingerprint density at radius 3 is 2.72 bits per heavy atom. The van der Waals surface area contributed by atoms with Crippen LogP contribution in [0.3, 0.4) is 0 Å². The van der Waals surface area contributed by atoms with Crippen molar-refractivity contribution in [3.63, 3.8) is 0 Å². The molecule has 1 unspecified atom stereocenters. The number of hydrogen-bond acceptors (Lipinski definition) is 6. The summed E-state index contributed by atoms with van der Waals surface area (Å²) in [4.78, 5) is 17.7. The number of pyridine rings is 2. The second-order valence-electron chi connectivity index (χ2n) is 7.74. The van der Waals surface area contributed by atoms with Crippen molar-refractivity contribution in [2.24, 2.45) is 0 Å². The van der Waals surface area contributed by atoms with E-state index >= 15 is 0 Å². The highest BCUT2D eigenvalue weighted by Crippen LogP contribution is 2.34. The molecule has 1 N–H and O–H groups in total. The largest absolute Gasteiger partial charge is 0.483 e. The molecule has 7 nitrogen and oxygen atoms in total. The van der Waals surface area contributed by atoms with Crippen molar-refractivity contribution in [2.75, 3.05) is 13.2 Å². The van der Waals surface area contributed by atoms with Gasteiger partial charge in [-0.2, -0.15) is 0 Å². The molecule has 3 aromatic rings. The zero-order valence-electron chi connectivity index (χ0n) is 18.2. The van der Waals surface area contributed by atoms with Crippen LogP contribution in [-0.2, 0) is 17.9 Å². The maximum atomic E-state index is 13.5. The number of rotatable bonds is 8. The zero-order chi connectivity index (χ0) is 22.3. The van der Waals surface area contributed by atoms with E-state index in [0.717, 1.165) is 24.8 Å². The van der Waals surface area contributed by atoms with Crippen LogP contribution < -0.4 is 14.9 Å². The average Bonchev–Trinajstić information content (AvgIpc) is 2.84. The number of ether oxygens (including phenoxy) is 3. The van der Waals surface area contributed by atoms with Gasteiger partial charge in [0, 0.05) is 30.9 Å². The summed E-state index contributed by atoms with van der Waals surface area (Å²) < 4.78 is 19.8. The quantitative estimate of drug-likeness (QED) is 0.580. The second-order valence-corrected chi connectivity index (χ2v) is 7.74. The first kappa shape index (κ1) is 22.0. The van der Waals surface area contributed by atoms with Gasteiger partial charge in [-0.25, -0.2) is 0 Å². The van der Waals surface area contributed by atoms with Gasteiger partial charge in [-0.1, -0.05) is 30.3 Å². The highest BCUT2D eigenvalue weighted by molar-refractivity contribution is 5.68. The summed E-state index contributed by atoms with van der Waals surface area (Å²) >= 11 is 0. The minimum Gasteiger partial charge on any atom is -0.483 e. The molecule has 2 aromatic heterocycles. The van der Waals surface area contributed by atoms with Crippen molar-refractivity contribution in [1.29, 1.82) is 0 Å². The first-order valence-corrected chi connectivity index (χ1v) is 10.9. The predicted molar refractivity (Wildman–Crippen MR) is 121 cm³/mol. The topological polar surface area (TPSA) is 82.8 Å². The molecule has 0 bridgehead atoms. The smallest absolute Gasteiger partial charge is 0.230 e. The number of aromatic nitrogens is 2. The molecule has 168 valence electrons. The number of hydrogen-bond donors (Lipinski definition) is 1. The van der Waals surface area contributed by atoms with E-state index in [-0.39, 0.29) is 30.9 Å². The van der Waals surface area contributed by atoms with E-state index in [0.29, 0.717) is 29.3 Å². The summed E-state index contributed by atoms with van der Waals surface area (Å²) in [7, 11) is 0. The Labute approximate surface area is 187 Å². The molecule has 0 spiro atoms. The van der Waals surface area contributed by atoms with Gasteiger partial charge in [0.1, 0.15) is 6.61 Å². The summed E-state index contributed by atoms with van der Waals surface area (Å²) in [5, 5.41) is 9.84. The van der Waals surface area contributed by atoms with E-state index in [4.69, 9.17) is 14.2 Å². The lowest BCUT2D eigenvalue weighted by atomic mass is 10.1. The maximum Gasteiger partial charge on any atom is 0.230 e. The van der Waals surface area contributed by atoms with Crippen LogP contribution >= 0.6 is 0 Å². The minimum atomic E-state index is -0.426. The van der Waals surface area contributed by atoms with Gasteiger partial charge < -0.3 is 23.9 Å². The average molecular weight is 437 g/mol. The Bertz CT molecular complexity index is 1080. The fourth-order valence-corrected chi connectivity index (χ4v) is 3.85. The van der Waals surface area contributed by atoms with Crippen molar-refractivity contribution < 1.29 is 19.3 Å². The fourth-order valence-electron chi connectivity index (χ4n) is 3.85. The Hall–Kier alpha value is -3.16. The van der Waals surface area contributed by atoms with Crippen molar-refractivity contribution >= 4 is 0 Å². The lowest BCUT2D eigenvalue weighted by Crippen LogP contribution is -2.29. The van der Waals surface area contributed by atoms with E-state index in [1.165, 1.54) is 0 Å². The monoisotopic (exact) mass is 436 g/mol. The van der Waals surface area contributed by atoms with E-state index in [1.54, 1.807) is 30.0 Å². The van der Waals surface area contributed by atoms with E-state index < -0.39 is 6.29 Å². The third-order valence-corrected chi connectivity index (χ3v) is 5.46. The van der Waals surface area contributed by atoms with E-state index in [2.05, 4.69) is 4.98 Å². The van der Waals surface area contributed by atoms with Gasteiger partial charge in [-0.05, 0) is 37.5 Å². The molecule has 7 heteroatoms. The van der Waals surface area contributed by atoms with Gasteiger partial charge in [0.25, 0.3) is 0 Å². The van der Waals surface area contributed by atoms with Crippen LogP contribution in [0.1, 0.15) is 30.4 Å². The van der Waals surface area contributed by atoms with Gasteiger partial charge in [0.2, 0.25) is 17.6 Å². The molecule has 0 aliphatic carbocycles. The standard InChI is InChI=1S/C25H28N2O5/c1-18-23(29)24(31-17-19-8-3-2-4-9-19)22(20-10-7-12-26-16-20)27(13-14-28)25(18)32-21-11-5-6-15-30-21/h2-4,7-10,12,16,21,28H,5-6,11,13-15,17H2,1H3. The van der Waals surface area contributed by atoms with Crippen LogP contribution in [0.4, 0.5) is 0 Å². The lowest BCUT2D eigenvalue weighted by Gasteiger charge is -2.28. The van der Waals surface area contributed by atoms with Crippen molar-refractivity contribution in [3.8, 4) is 22.9 Å². The molecule has 1 saturated heterocycles. The number of nitrogens with zero attached hydrogens (tertiary/aromatic N) is 2. The molecule has 1 aliphatic rings. The van der Waals surface area contributed by atoms with Crippen LogP contribution in [0, 0.1) is 6.92 Å². The molecule has 3 heterocycles. The van der Waals surface area contributed by atoms with Gasteiger partial charge in [-0.15, -0.1) is 0 Å². The summed E-state index contributed by atoms with van der Waals surface area (Å²) in [6.07, 6.45) is 5.67. The Morgan fingerprint density at radius 2 is 2.03 bits per heavy atom. The predicted octanol–water partition coefficient (Wildman–Crippen LogP) is 3.70. The molecular weight excluding hydrogens is 408 g/mol. The second kappa shape index (κ2) is 10.4. The molecule has 1 fully saturated rings. The van der Waals surface area contributed by atoms with Crippen LogP contribution in [-0.4, -0.2) is 34.2 Å². The zero-order valence-corrected chi connectivity index (χ0v) is 18.2. The SMILES string of the molecule is Cc1c(OC2CCCCO2)n(CCO)c(-c2cccnc2)c(OCc2ccccc2)c1=O. The molecule has 32 heavy (non-hydrogen) atoms. The third kappa shape index (κ3) is 4.84. The summed E-state index contributed by atoms with van der Waals surface area (Å²) in [6, 6.07) is 13.3. The summed E-state index contributed by atoms with van der Waals surface area (Å²) in [5.41, 5.74) is 2.36. The van der Waals surface area contributed by atoms with Gasteiger partial charge >= 0.3 is 0 Å². The highest BCUT2D eigenvalue weighted by Gasteiger charge is 2.26. The van der Waals surface area contributed by atoms with Crippen molar-refractivity contribution in [1.82, 2.24) is 9.55 Å². The molecular formula is C25H28N2O5. The van der Waals surface area contributed by atoms with Crippen molar-refractivity contribution in [3.05, 3.63) is 76.2 Å². The van der Waals surface area contributed by atoms with E-state index in [1.807, 2.05) is 36.4 Å². The molecule has 4 rings (SSSR count). The molecule has 1 aromatic carbocycles. The van der Waals surface area contributed by atoms with Crippen LogP contribution in [0.15, 0.2) is 59.7 Å². The summed E-state index contributed by atoms with van der Waals surface area (Å²) in [6.45, 7) is 2.69. The molecule has 1 atom stereocenters. The minimum absolute atomic E-state index is 0.129. The van der Waals surface area contributed by atoms with Crippen LogP contribution in [0.25, 0.3) is 11.3 Å². The third-order valence-electron chi connectivity index (χ3n) is 5.46. The van der Waals surface area contributed by atoms with Gasteiger partial charge in [0.15, 0.2) is 5.75 Å². The Kier molecular flexibility index (Phi) is 7.19. The Balaban J connectivity index is 1.83. The fraction of sp³-hybridized carbons (Fsp3) is 0.360. The van der Waals surface area contributed by atoms with Gasteiger partial charge in [0.05, 0.1) is 24.5 Å². The van der Waals surface area contributed by atoms with Crippen LogP contribution in [0.5, 0.6) is 11.6 Å². The van der Waals surface area contributed by atoms with Crippen LogP contribution in [0.2, 0.25) is 0 Å². The Morgan fingerprint density at radius 1 is 1.19 bits per heavy atom. The van der Waals surface area contributed by atoms with E-state index in [9.17, 15) is 9.90 Å². The first-order valence-electron chi connectivity index (χ1n) is 10.9. The first-order chi connectivity index (χ1) is 15.7. The molecule has 1 aliphatic heterocycles. The maximum absolute atomic E-state index is 13.5. The summed E-state index contributed by atoms with van der Waals surface area (Å²) in [5.74, 6) is 0.603.